The number of nitrogens with two attached hydrogens (primary N) is 2. The van der Waals surface area contributed by atoms with E-state index in [1.165, 1.54) is 25.1 Å². The molecule has 0 radical (unpaired) electrons. The minimum atomic E-state index is -4.91. The number of allylic oxidation sites excluding steroid dienone is 1. The van der Waals surface area contributed by atoms with Crippen LogP contribution in [0, 0.1) is 11.8 Å². The van der Waals surface area contributed by atoms with Crippen LogP contribution in [0.3, 0.4) is 0 Å². The highest BCUT2D eigenvalue weighted by molar-refractivity contribution is 6.25. The number of ketones is 2. The number of nitrogens with one attached hydrogen (secondary N) is 1. The van der Waals surface area contributed by atoms with Crippen LogP contribution >= 0.6 is 0 Å². The van der Waals surface area contributed by atoms with E-state index >= 15 is 0 Å². The molecule has 0 bridgehead atoms. The number of likely N-dealkylation sites (N-methyl/N-ethyl adjacent to an activating group) is 1. The van der Waals surface area contributed by atoms with E-state index in [-0.39, 0.29) is 35.2 Å². The number of nitrogens with zero attached hydrogens (tertiary/aromatic N) is 3. The number of urea groups is 1. The van der Waals surface area contributed by atoms with Crippen LogP contribution in [-0.2, 0) is 22.6 Å². The first-order valence-corrected chi connectivity index (χ1v) is 15.1. The number of amides is 3. The zero-order valence-electron chi connectivity index (χ0n) is 27.2. The standard InChI is InChI=1S/C32H35F3N6O9/c1-39(2)19-11-14(12-41(37)30(48)38-15-5-7-16(8-6-15)50-32(33,34)35)24(42)21-17(19)9-13-10-18-23(40(3)4)26(44)22(29(36)47)28(46)31(18,49)27(45)20(13)25(21)43/h5-8,11,13,18,23,42,44-45,49H,9-10,12,37H2,1-4H3,(H2,36,47)(H,38,48)/t13-,18-,23?,31-/m0/s1. The Hall–Kier alpha value is -5.33. The Morgan fingerprint density at radius 3 is 2.24 bits per heavy atom. The van der Waals surface area contributed by atoms with Crippen molar-refractivity contribution in [3.8, 4) is 11.5 Å². The number of alkyl halides is 3. The molecule has 1 unspecified atom stereocenters. The van der Waals surface area contributed by atoms with Crippen molar-refractivity contribution in [2.24, 2.45) is 23.4 Å². The topological polar surface area (TPSA) is 232 Å². The number of aliphatic hydroxyl groups is 3. The van der Waals surface area contributed by atoms with Crippen molar-refractivity contribution in [2.45, 2.75) is 37.4 Å². The van der Waals surface area contributed by atoms with E-state index in [4.69, 9.17) is 11.6 Å². The number of primary amides is 1. The third-order valence-electron chi connectivity index (χ3n) is 9.20. The molecule has 2 aromatic carbocycles. The molecule has 15 nitrogen and oxygen atoms in total. The van der Waals surface area contributed by atoms with Crippen molar-refractivity contribution < 1.29 is 57.5 Å². The fourth-order valence-electron chi connectivity index (χ4n) is 7.06. The molecule has 0 spiro atoms. The number of rotatable bonds is 7. The van der Waals surface area contributed by atoms with Gasteiger partial charge in [0.15, 0.2) is 11.4 Å². The molecule has 0 aromatic heterocycles. The molecule has 0 saturated carbocycles. The van der Waals surface area contributed by atoms with E-state index in [9.17, 15) is 52.8 Å². The van der Waals surface area contributed by atoms with Gasteiger partial charge in [0.1, 0.15) is 28.6 Å². The van der Waals surface area contributed by atoms with Gasteiger partial charge in [-0.3, -0.25) is 24.3 Å². The number of fused-ring (bicyclic) bond motifs is 3. The maximum atomic E-state index is 14.2. The Kier molecular flexibility index (Phi) is 9.01. The molecule has 3 amide bonds. The molecule has 3 aliphatic rings. The van der Waals surface area contributed by atoms with Gasteiger partial charge < -0.3 is 41.1 Å². The summed E-state index contributed by atoms with van der Waals surface area (Å²) in [6.07, 6.45) is -4.96. The summed E-state index contributed by atoms with van der Waals surface area (Å²) in [6.45, 7) is -0.482. The van der Waals surface area contributed by atoms with Crippen LogP contribution in [0.15, 0.2) is 53.0 Å². The van der Waals surface area contributed by atoms with Gasteiger partial charge in [0.25, 0.3) is 5.91 Å². The van der Waals surface area contributed by atoms with Gasteiger partial charge in [-0.25, -0.2) is 10.6 Å². The van der Waals surface area contributed by atoms with Gasteiger partial charge >= 0.3 is 12.4 Å². The molecule has 0 heterocycles. The van der Waals surface area contributed by atoms with Gasteiger partial charge in [-0.15, -0.1) is 13.2 Å². The summed E-state index contributed by atoms with van der Waals surface area (Å²) >= 11 is 0. The number of benzene rings is 2. The number of ether oxygens (including phenoxy) is 1. The van der Waals surface area contributed by atoms with Crippen LogP contribution in [0.25, 0.3) is 0 Å². The summed E-state index contributed by atoms with van der Waals surface area (Å²) < 4.78 is 41.2. The van der Waals surface area contributed by atoms with Crippen molar-refractivity contribution >= 4 is 34.9 Å². The van der Waals surface area contributed by atoms with Crippen LogP contribution in [0.2, 0.25) is 0 Å². The number of phenolic OH excluding ortho intramolecular Hbond substituents is 1. The van der Waals surface area contributed by atoms with Crippen molar-refractivity contribution in [3.05, 3.63) is 69.7 Å². The quantitative estimate of drug-likeness (QED) is 0.0950. The molecule has 0 saturated heterocycles. The zero-order chi connectivity index (χ0) is 37.2. The van der Waals surface area contributed by atoms with Gasteiger partial charge in [0.05, 0.1) is 18.2 Å². The molecular weight excluding hydrogens is 669 g/mol. The number of hydrogen-bond acceptors (Lipinski definition) is 12. The molecule has 50 heavy (non-hydrogen) atoms. The maximum absolute atomic E-state index is 14.2. The summed E-state index contributed by atoms with van der Waals surface area (Å²) in [7, 11) is 6.39. The predicted octanol–water partition coefficient (Wildman–Crippen LogP) is 1.99. The molecule has 0 aliphatic heterocycles. The lowest BCUT2D eigenvalue weighted by Crippen LogP contribution is -2.63. The normalized spacial score (nSPS) is 23.3. The number of hydrazine groups is 1. The molecule has 4 atom stereocenters. The van der Waals surface area contributed by atoms with E-state index in [1.807, 2.05) is 0 Å². The summed E-state index contributed by atoms with van der Waals surface area (Å²) in [6, 6.07) is 3.68. The fraction of sp³-hybridized carbons (Fsp3) is 0.375. The molecule has 0 fully saturated rings. The largest absolute Gasteiger partial charge is 0.573 e. The first-order valence-electron chi connectivity index (χ1n) is 15.1. The Morgan fingerprint density at radius 1 is 1.08 bits per heavy atom. The van der Waals surface area contributed by atoms with Gasteiger partial charge in [-0.05, 0) is 68.8 Å². The van der Waals surface area contributed by atoms with E-state index in [1.54, 1.807) is 19.0 Å². The Balaban J connectivity index is 1.51. The third-order valence-corrected chi connectivity index (χ3v) is 9.20. The SMILES string of the molecule is CN(C)c1cc(CN(N)C(=O)Nc2ccc(OC(F)(F)F)cc2)c(O)c2c1C[C@H]1C[C@H]3C(N(C)C)C(O)=C(C(N)=O)C(=O)[C@@]3(O)C(O)=C1C2=O. The second-order valence-corrected chi connectivity index (χ2v) is 12.7. The molecular formula is C32H35F3N6O9. The molecule has 9 N–H and O–H groups in total. The number of aromatic hydroxyl groups is 1. The Morgan fingerprint density at radius 2 is 1.70 bits per heavy atom. The van der Waals surface area contributed by atoms with Crippen LogP contribution in [0.4, 0.5) is 29.3 Å². The predicted molar refractivity (Wildman–Crippen MR) is 170 cm³/mol. The first-order chi connectivity index (χ1) is 23.2. The van der Waals surface area contributed by atoms with Crippen LogP contribution in [0.1, 0.15) is 27.9 Å². The van der Waals surface area contributed by atoms with Gasteiger partial charge in [0.2, 0.25) is 5.78 Å². The van der Waals surface area contributed by atoms with Crippen molar-refractivity contribution in [2.75, 3.05) is 38.4 Å². The molecule has 2 aromatic rings. The average molecular weight is 705 g/mol. The lowest BCUT2D eigenvalue weighted by molar-refractivity contribution is -0.274. The highest BCUT2D eigenvalue weighted by Crippen LogP contribution is 2.53. The zero-order valence-corrected chi connectivity index (χ0v) is 27.2. The summed E-state index contributed by atoms with van der Waals surface area (Å²) in [5.74, 6) is -2.46. The number of anilines is 2. The Bertz CT molecular complexity index is 1860. The fourth-order valence-corrected chi connectivity index (χ4v) is 7.06. The molecule has 5 rings (SSSR count). The van der Waals surface area contributed by atoms with E-state index < -0.39 is 88.5 Å². The monoisotopic (exact) mass is 704 g/mol. The third kappa shape index (κ3) is 5.94. The highest BCUT2D eigenvalue weighted by Gasteiger charge is 2.63. The lowest BCUT2D eigenvalue weighted by atomic mass is 9.58. The smallest absolute Gasteiger partial charge is 0.510 e. The number of Topliss-reactive ketones (excluding diaryl/α,β-unsaturated/α-hetero) is 2. The summed E-state index contributed by atoms with van der Waals surface area (Å²) in [5, 5.41) is 48.8. The second-order valence-electron chi connectivity index (χ2n) is 12.7. The lowest BCUT2D eigenvalue weighted by Gasteiger charge is -2.50. The Labute approximate surface area is 282 Å². The van der Waals surface area contributed by atoms with Crippen LogP contribution in [-0.4, -0.2) is 100 Å². The minimum Gasteiger partial charge on any atom is -0.510 e. The van der Waals surface area contributed by atoms with E-state index in [0.29, 0.717) is 16.3 Å². The van der Waals surface area contributed by atoms with Gasteiger partial charge in [0, 0.05) is 42.5 Å². The number of hydrogen-bond donors (Lipinski definition) is 7. The van der Waals surface area contributed by atoms with E-state index in [0.717, 1.165) is 24.3 Å². The van der Waals surface area contributed by atoms with Gasteiger partial charge in [-0.2, -0.15) is 0 Å². The second kappa shape index (κ2) is 12.5. The average Bonchev–Trinajstić information content (AvgIpc) is 3.00. The van der Waals surface area contributed by atoms with Crippen molar-refractivity contribution in [3.63, 3.8) is 0 Å². The van der Waals surface area contributed by atoms with E-state index in [2.05, 4.69) is 10.1 Å². The first kappa shape index (κ1) is 36.0. The molecule has 268 valence electrons. The maximum Gasteiger partial charge on any atom is 0.573 e. The molecule has 3 aliphatic carbocycles. The molecule has 18 heteroatoms. The number of phenols is 1. The minimum absolute atomic E-state index is 0.0106. The number of aliphatic hydroxyl groups excluding tert-OH is 2. The summed E-state index contributed by atoms with van der Waals surface area (Å²) in [4.78, 5) is 56.0. The van der Waals surface area contributed by atoms with Gasteiger partial charge in [-0.1, -0.05) is 0 Å². The van der Waals surface area contributed by atoms with Crippen molar-refractivity contribution in [1.29, 1.82) is 0 Å². The van der Waals surface area contributed by atoms with Crippen LogP contribution < -0.4 is 26.5 Å². The number of carbonyl (C=O) groups is 4. The number of halogens is 3. The number of carbonyl (C=O) groups excluding carboxylic acids is 4. The van der Waals surface area contributed by atoms with Crippen LogP contribution in [0.5, 0.6) is 11.5 Å². The summed E-state index contributed by atoms with van der Waals surface area (Å²) in [5.41, 5.74) is 1.86. The van der Waals surface area contributed by atoms with Crippen molar-refractivity contribution in [1.82, 2.24) is 9.91 Å². The highest BCUT2D eigenvalue weighted by atomic mass is 19.4.